The van der Waals surface area contributed by atoms with Crippen molar-refractivity contribution in [2.24, 2.45) is 11.5 Å². The van der Waals surface area contributed by atoms with Crippen LogP contribution in [0.4, 0.5) is 0 Å². The molecule has 4 atom stereocenters. The highest BCUT2D eigenvalue weighted by Crippen LogP contribution is 2.19. The number of aliphatic carboxylic acids is 1. The second-order valence-corrected chi connectivity index (χ2v) is 7.73. The van der Waals surface area contributed by atoms with Crippen molar-refractivity contribution in [2.75, 3.05) is 13.2 Å². The molecule has 4 unspecified atom stereocenters. The lowest BCUT2D eigenvalue weighted by atomic mass is 10.1. The second kappa shape index (κ2) is 11.9. The topological polar surface area (TPSA) is 234 Å². The molecule has 182 valence electrons. The van der Waals surface area contributed by atoms with Crippen LogP contribution >= 0.6 is 0 Å². The second-order valence-electron chi connectivity index (χ2n) is 7.73. The molecule has 0 spiro atoms. The van der Waals surface area contributed by atoms with Crippen LogP contribution in [0.15, 0.2) is 12.5 Å². The van der Waals surface area contributed by atoms with Crippen molar-refractivity contribution in [1.29, 1.82) is 0 Å². The third-order valence-electron chi connectivity index (χ3n) is 5.26. The van der Waals surface area contributed by atoms with E-state index in [9.17, 15) is 34.2 Å². The van der Waals surface area contributed by atoms with E-state index in [-0.39, 0.29) is 32.2 Å². The summed E-state index contributed by atoms with van der Waals surface area (Å²) in [7, 11) is 0. The number of aliphatic hydroxyl groups is 1. The molecule has 14 heteroatoms. The van der Waals surface area contributed by atoms with Crippen molar-refractivity contribution >= 4 is 29.6 Å². The molecule has 0 saturated carbocycles. The molecule has 33 heavy (non-hydrogen) atoms. The third kappa shape index (κ3) is 7.25. The van der Waals surface area contributed by atoms with E-state index in [1.165, 1.54) is 17.4 Å². The summed E-state index contributed by atoms with van der Waals surface area (Å²) >= 11 is 0. The molecular formula is C19H29N7O7. The molecule has 9 N–H and O–H groups in total. The number of nitrogens with one attached hydrogen (secondary N) is 3. The zero-order valence-electron chi connectivity index (χ0n) is 17.9. The Balaban J connectivity index is 2.00. The zero-order valence-corrected chi connectivity index (χ0v) is 17.9. The monoisotopic (exact) mass is 467 g/mol. The minimum atomic E-state index is -1.35. The van der Waals surface area contributed by atoms with Crippen LogP contribution < -0.4 is 22.1 Å². The number of hydrogen-bond acceptors (Lipinski definition) is 8. The Bertz CT molecular complexity index is 861. The molecular weight excluding hydrogens is 438 g/mol. The molecule has 4 amide bonds. The first-order valence-electron chi connectivity index (χ1n) is 10.4. The van der Waals surface area contributed by atoms with Crippen molar-refractivity contribution in [1.82, 2.24) is 25.5 Å². The van der Waals surface area contributed by atoms with Gasteiger partial charge in [-0.15, -0.1) is 0 Å². The third-order valence-corrected chi connectivity index (χ3v) is 5.26. The Hall–Kier alpha value is -3.52. The number of nitrogens with zero attached hydrogens (tertiary/aromatic N) is 2. The van der Waals surface area contributed by atoms with Gasteiger partial charge in [-0.25, -0.2) is 9.78 Å². The number of aromatic nitrogens is 2. The quantitative estimate of drug-likeness (QED) is 0.162. The van der Waals surface area contributed by atoms with Crippen LogP contribution in [-0.4, -0.2) is 92.0 Å². The largest absolute Gasteiger partial charge is 0.480 e. The van der Waals surface area contributed by atoms with E-state index in [1.54, 1.807) is 0 Å². The molecule has 1 saturated heterocycles. The van der Waals surface area contributed by atoms with Crippen molar-refractivity contribution in [3.05, 3.63) is 18.2 Å². The zero-order chi connectivity index (χ0) is 24.5. The van der Waals surface area contributed by atoms with Crippen LogP contribution in [0.5, 0.6) is 0 Å². The Morgan fingerprint density at radius 2 is 1.97 bits per heavy atom. The van der Waals surface area contributed by atoms with Crippen LogP contribution in [0.3, 0.4) is 0 Å². The van der Waals surface area contributed by atoms with Crippen LogP contribution in [0.1, 0.15) is 31.4 Å². The van der Waals surface area contributed by atoms with Gasteiger partial charge in [0.05, 0.1) is 19.0 Å². The summed E-state index contributed by atoms with van der Waals surface area (Å²) in [6, 6.07) is -4.68. The molecule has 0 aliphatic carbocycles. The van der Waals surface area contributed by atoms with Gasteiger partial charge in [0.15, 0.2) is 0 Å². The fourth-order valence-corrected chi connectivity index (χ4v) is 3.51. The minimum Gasteiger partial charge on any atom is -0.480 e. The van der Waals surface area contributed by atoms with Crippen LogP contribution in [0.2, 0.25) is 0 Å². The van der Waals surface area contributed by atoms with Gasteiger partial charge in [-0.05, 0) is 19.3 Å². The van der Waals surface area contributed by atoms with Gasteiger partial charge in [0.2, 0.25) is 23.6 Å². The summed E-state index contributed by atoms with van der Waals surface area (Å²) in [6.07, 6.45) is 3.38. The van der Waals surface area contributed by atoms with Crippen LogP contribution in [0, 0.1) is 0 Å². The number of H-pyrrole nitrogens is 1. The predicted octanol–water partition coefficient (Wildman–Crippen LogP) is -3.42. The summed E-state index contributed by atoms with van der Waals surface area (Å²) in [5.41, 5.74) is 11.5. The molecule has 0 aromatic carbocycles. The van der Waals surface area contributed by atoms with Gasteiger partial charge in [0, 0.05) is 31.3 Å². The fraction of sp³-hybridized carbons (Fsp3) is 0.579. The number of rotatable bonds is 12. The van der Waals surface area contributed by atoms with Crippen molar-refractivity contribution < 1.29 is 34.2 Å². The van der Waals surface area contributed by atoms with E-state index in [1.807, 2.05) is 0 Å². The molecule has 2 rings (SSSR count). The van der Waals surface area contributed by atoms with Gasteiger partial charge < -0.3 is 42.2 Å². The molecule has 2 heterocycles. The first kappa shape index (κ1) is 25.7. The molecule has 1 aromatic heterocycles. The number of aliphatic hydroxyl groups excluding tert-OH is 1. The number of primary amides is 1. The van der Waals surface area contributed by atoms with E-state index < -0.39 is 60.4 Å². The standard InChI is InChI=1S/C19H29N7O7/c20-11(6-10-7-22-9-23-10)16(29)25-13(8-27)18(31)26-5-1-2-14(26)17(30)24-12(19(32)33)3-4-15(21)28/h7,9,11-14,27H,1-6,8,20H2,(H2,21,28)(H,22,23)(H,24,30)(H,25,29)(H,32,33). The lowest BCUT2D eigenvalue weighted by molar-refractivity contribution is -0.145. The Labute approximate surface area is 189 Å². The minimum absolute atomic E-state index is 0.134. The summed E-state index contributed by atoms with van der Waals surface area (Å²) < 4.78 is 0. The maximum Gasteiger partial charge on any atom is 0.326 e. The summed E-state index contributed by atoms with van der Waals surface area (Å²) in [5.74, 6) is -4.12. The van der Waals surface area contributed by atoms with Crippen molar-refractivity contribution in [3.63, 3.8) is 0 Å². The van der Waals surface area contributed by atoms with Gasteiger partial charge in [-0.3, -0.25) is 19.2 Å². The fourth-order valence-electron chi connectivity index (χ4n) is 3.51. The van der Waals surface area contributed by atoms with Gasteiger partial charge in [0.1, 0.15) is 18.1 Å². The molecule has 1 aliphatic heterocycles. The maximum absolute atomic E-state index is 12.9. The van der Waals surface area contributed by atoms with E-state index in [0.717, 1.165) is 0 Å². The Kier molecular flexibility index (Phi) is 9.30. The first-order valence-corrected chi connectivity index (χ1v) is 10.4. The Morgan fingerprint density at radius 3 is 2.55 bits per heavy atom. The molecule has 14 nitrogen and oxygen atoms in total. The number of carbonyl (C=O) groups is 5. The smallest absolute Gasteiger partial charge is 0.326 e. The predicted molar refractivity (Wildman–Crippen MR) is 112 cm³/mol. The number of nitrogens with two attached hydrogens (primary N) is 2. The molecule has 0 bridgehead atoms. The van der Waals surface area contributed by atoms with Crippen molar-refractivity contribution in [3.8, 4) is 0 Å². The number of imidazole rings is 1. The number of carboxylic acid groups (broad SMARTS) is 1. The van der Waals surface area contributed by atoms with Gasteiger partial charge in [-0.1, -0.05) is 0 Å². The molecule has 0 radical (unpaired) electrons. The number of carboxylic acids is 1. The van der Waals surface area contributed by atoms with Crippen LogP contribution in [-0.2, 0) is 30.4 Å². The average molecular weight is 467 g/mol. The summed E-state index contributed by atoms with van der Waals surface area (Å²) in [4.78, 5) is 68.1. The summed E-state index contributed by atoms with van der Waals surface area (Å²) in [6.45, 7) is -0.537. The molecule has 1 aromatic rings. The van der Waals surface area contributed by atoms with Crippen molar-refractivity contribution in [2.45, 2.75) is 56.3 Å². The van der Waals surface area contributed by atoms with E-state index in [4.69, 9.17) is 11.5 Å². The normalized spacial score (nSPS) is 18.2. The number of likely N-dealkylation sites (tertiary alicyclic amines) is 1. The van der Waals surface area contributed by atoms with E-state index in [0.29, 0.717) is 12.1 Å². The number of carbonyl (C=O) groups excluding carboxylic acids is 4. The SMILES string of the molecule is NC(=O)CCC(NC(=O)C1CCCN1C(=O)C(CO)NC(=O)C(N)Cc1cnc[nH]1)C(=O)O. The maximum atomic E-state index is 12.9. The molecule has 1 fully saturated rings. The lowest BCUT2D eigenvalue weighted by Gasteiger charge is -2.29. The van der Waals surface area contributed by atoms with E-state index >= 15 is 0 Å². The van der Waals surface area contributed by atoms with Gasteiger partial charge in [0.25, 0.3) is 0 Å². The molecule has 1 aliphatic rings. The lowest BCUT2D eigenvalue weighted by Crippen LogP contribution is -2.58. The van der Waals surface area contributed by atoms with Gasteiger partial charge in [-0.2, -0.15) is 0 Å². The Morgan fingerprint density at radius 1 is 1.24 bits per heavy atom. The summed E-state index contributed by atoms with van der Waals surface area (Å²) in [5, 5.41) is 23.7. The number of hydrogen-bond donors (Lipinski definition) is 7. The van der Waals surface area contributed by atoms with E-state index in [2.05, 4.69) is 20.6 Å². The highest BCUT2D eigenvalue weighted by Gasteiger charge is 2.39. The first-order chi connectivity index (χ1) is 15.6. The van der Waals surface area contributed by atoms with Crippen LogP contribution in [0.25, 0.3) is 0 Å². The highest BCUT2D eigenvalue weighted by atomic mass is 16.4. The highest BCUT2D eigenvalue weighted by molar-refractivity contribution is 5.94. The average Bonchev–Trinajstić information content (AvgIpc) is 3.45. The van der Waals surface area contributed by atoms with Gasteiger partial charge >= 0.3 is 5.97 Å². The number of amides is 4. The number of aromatic amines is 1.